The first-order valence-corrected chi connectivity index (χ1v) is 9.61. The van der Waals surface area contributed by atoms with Crippen LogP contribution in [-0.2, 0) is 6.42 Å². The monoisotopic (exact) mass is 340 g/mol. The second-order valence-electron chi connectivity index (χ2n) is 8.09. The van der Waals surface area contributed by atoms with Crippen molar-refractivity contribution in [3.8, 4) is 5.75 Å². The van der Waals surface area contributed by atoms with Crippen LogP contribution in [0.2, 0.25) is 0 Å². The van der Waals surface area contributed by atoms with Crippen LogP contribution in [0.25, 0.3) is 0 Å². The molecule has 1 N–H and O–H groups in total. The van der Waals surface area contributed by atoms with Crippen LogP contribution in [0, 0.1) is 17.3 Å². The van der Waals surface area contributed by atoms with E-state index in [1.54, 1.807) is 7.11 Å². The highest BCUT2D eigenvalue weighted by atomic mass is 16.5. The van der Waals surface area contributed by atoms with E-state index in [9.17, 15) is 5.11 Å². The van der Waals surface area contributed by atoms with Crippen molar-refractivity contribution in [1.29, 1.82) is 0 Å². The van der Waals surface area contributed by atoms with Crippen LogP contribution in [0.5, 0.6) is 5.75 Å². The molecular weight excluding hydrogens is 308 g/mol. The first-order valence-electron chi connectivity index (χ1n) is 9.61. The van der Waals surface area contributed by atoms with Gasteiger partial charge in [0.05, 0.1) is 13.2 Å². The fraction of sp³-hybridized carbons (Fsp3) is 0.565. The maximum Gasteiger partial charge on any atom is 0.119 e. The van der Waals surface area contributed by atoms with Crippen molar-refractivity contribution < 1.29 is 9.84 Å². The van der Waals surface area contributed by atoms with E-state index in [1.165, 1.54) is 17.5 Å². The maximum atomic E-state index is 10.9. The maximum absolute atomic E-state index is 10.9. The van der Waals surface area contributed by atoms with Crippen molar-refractivity contribution >= 4 is 0 Å². The zero-order valence-electron chi connectivity index (χ0n) is 15.7. The fourth-order valence-corrected chi connectivity index (χ4v) is 5.50. The number of hydrogen-bond donors (Lipinski definition) is 1. The van der Waals surface area contributed by atoms with Crippen LogP contribution in [0.3, 0.4) is 0 Å². The molecule has 1 aromatic rings. The quantitative estimate of drug-likeness (QED) is 0.715. The Labute approximate surface area is 152 Å². The number of benzene rings is 1. The van der Waals surface area contributed by atoms with Gasteiger partial charge in [-0.3, -0.25) is 0 Å². The van der Waals surface area contributed by atoms with E-state index >= 15 is 0 Å². The lowest BCUT2D eigenvalue weighted by molar-refractivity contribution is -0.0656. The molecule has 25 heavy (non-hydrogen) atoms. The number of hydrogen-bond acceptors (Lipinski definition) is 2. The van der Waals surface area contributed by atoms with Gasteiger partial charge in [-0.2, -0.15) is 0 Å². The first kappa shape index (κ1) is 18.3. The zero-order chi connectivity index (χ0) is 18.0. The standard InChI is InChI=1S/C23H32O2/c1-5-7-21-20-11-9-16-15-17(25-4)10-12-18(16)19(20)13-14-23(21,3)22(24)8-6-2/h5-6,10,12,15,19-22,24H,1-2,7-9,11,13-14H2,3-4H3/t19-,20-,21+,22-,23+/m1/s1. The summed E-state index contributed by atoms with van der Waals surface area (Å²) in [6, 6.07) is 6.59. The minimum absolute atomic E-state index is 0.0481. The highest BCUT2D eigenvalue weighted by Gasteiger charge is 2.50. The predicted octanol–water partition coefficient (Wildman–Crippen LogP) is 5.27. The lowest BCUT2D eigenvalue weighted by Gasteiger charge is -2.53. The Bertz CT molecular complexity index is 635. The predicted molar refractivity (Wildman–Crippen MR) is 104 cm³/mol. The van der Waals surface area contributed by atoms with Crippen LogP contribution < -0.4 is 4.74 Å². The number of rotatable bonds is 6. The molecule has 0 amide bonds. The SMILES string of the molecule is C=CC[C@@H](O)[C@@]1(C)CC[C@@H]2c3ccc(OC)cc3CC[C@H]2[C@@H]1CC=C. The third-order valence-electron chi connectivity index (χ3n) is 6.94. The Kier molecular flexibility index (Phi) is 5.38. The number of aliphatic hydroxyl groups excluding tert-OH is 1. The second kappa shape index (κ2) is 7.37. The van der Waals surface area contributed by atoms with Crippen LogP contribution in [-0.4, -0.2) is 18.3 Å². The lowest BCUT2D eigenvalue weighted by Crippen LogP contribution is -2.48. The Morgan fingerprint density at radius 1 is 1.32 bits per heavy atom. The number of aliphatic hydroxyl groups is 1. The Hall–Kier alpha value is -1.54. The molecule has 1 fully saturated rings. The van der Waals surface area contributed by atoms with Crippen LogP contribution >= 0.6 is 0 Å². The minimum atomic E-state index is -0.312. The van der Waals surface area contributed by atoms with E-state index in [4.69, 9.17) is 4.74 Å². The third-order valence-corrected chi connectivity index (χ3v) is 6.94. The van der Waals surface area contributed by atoms with E-state index < -0.39 is 0 Å². The molecule has 5 atom stereocenters. The van der Waals surface area contributed by atoms with Gasteiger partial charge in [0.15, 0.2) is 0 Å². The largest absolute Gasteiger partial charge is 0.497 e. The molecule has 2 nitrogen and oxygen atoms in total. The van der Waals surface area contributed by atoms with Crippen molar-refractivity contribution in [3.63, 3.8) is 0 Å². The van der Waals surface area contributed by atoms with Gasteiger partial charge < -0.3 is 9.84 Å². The van der Waals surface area contributed by atoms with Crippen LogP contribution in [0.15, 0.2) is 43.5 Å². The molecule has 1 saturated carbocycles. The van der Waals surface area contributed by atoms with E-state index in [1.807, 2.05) is 6.08 Å². The molecule has 0 radical (unpaired) electrons. The van der Waals surface area contributed by atoms with Crippen molar-refractivity contribution in [2.24, 2.45) is 17.3 Å². The molecule has 3 rings (SSSR count). The van der Waals surface area contributed by atoms with E-state index in [-0.39, 0.29) is 11.5 Å². The highest BCUT2D eigenvalue weighted by Crippen LogP contribution is 2.57. The van der Waals surface area contributed by atoms with Gasteiger partial charge in [0.1, 0.15) is 5.75 Å². The Morgan fingerprint density at radius 2 is 2.12 bits per heavy atom. The third kappa shape index (κ3) is 3.17. The average molecular weight is 341 g/mol. The Morgan fingerprint density at radius 3 is 2.80 bits per heavy atom. The van der Waals surface area contributed by atoms with Gasteiger partial charge in [-0.15, -0.1) is 13.2 Å². The van der Waals surface area contributed by atoms with Crippen molar-refractivity contribution in [2.75, 3.05) is 7.11 Å². The van der Waals surface area contributed by atoms with Crippen molar-refractivity contribution in [1.82, 2.24) is 0 Å². The van der Waals surface area contributed by atoms with E-state index in [0.717, 1.165) is 31.4 Å². The van der Waals surface area contributed by atoms with Gasteiger partial charge in [-0.1, -0.05) is 25.1 Å². The average Bonchev–Trinajstić information content (AvgIpc) is 2.63. The topological polar surface area (TPSA) is 29.5 Å². The summed E-state index contributed by atoms with van der Waals surface area (Å²) in [4.78, 5) is 0. The van der Waals surface area contributed by atoms with Crippen molar-refractivity contribution in [2.45, 2.75) is 57.5 Å². The smallest absolute Gasteiger partial charge is 0.119 e. The minimum Gasteiger partial charge on any atom is -0.497 e. The number of aryl methyl sites for hydroxylation is 1. The number of ether oxygens (including phenoxy) is 1. The van der Waals surface area contributed by atoms with Crippen LogP contribution in [0.4, 0.5) is 0 Å². The second-order valence-corrected chi connectivity index (χ2v) is 8.09. The van der Waals surface area contributed by atoms with Gasteiger partial charge in [0.25, 0.3) is 0 Å². The fourth-order valence-electron chi connectivity index (χ4n) is 5.50. The summed E-state index contributed by atoms with van der Waals surface area (Å²) in [5, 5.41) is 10.9. The summed E-state index contributed by atoms with van der Waals surface area (Å²) in [5.41, 5.74) is 2.91. The lowest BCUT2D eigenvalue weighted by atomic mass is 9.52. The van der Waals surface area contributed by atoms with Crippen LogP contribution in [0.1, 0.15) is 56.1 Å². The summed E-state index contributed by atoms with van der Waals surface area (Å²) in [6.45, 7) is 10.1. The molecule has 0 aliphatic heterocycles. The van der Waals surface area contributed by atoms with Gasteiger partial charge in [0.2, 0.25) is 0 Å². The zero-order valence-corrected chi connectivity index (χ0v) is 15.7. The molecule has 0 unspecified atom stereocenters. The first-order chi connectivity index (χ1) is 12.0. The molecule has 0 heterocycles. The molecule has 2 aliphatic carbocycles. The molecule has 0 spiro atoms. The summed E-state index contributed by atoms with van der Waals surface area (Å²) < 4.78 is 5.41. The van der Waals surface area contributed by atoms with E-state index in [2.05, 4.69) is 44.4 Å². The molecule has 136 valence electrons. The summed E-state index contributed by atoms with van der Waals surface area (Å²) in [6.07, 6.45) is 9.77. The highest BCUT2D eigenvalue weighted by molar-refractivity contribution is 5.40. The van der Waals surface area contributed by atoms with Crippen molar-refractivity contribution in [3.05, 3.63) is 54.6 Å². The van der Waals surface area contributed by atoms with Gasteiger partial charge in [-0.05, 0) is 85.0 Å². The Balaban J connectivity index is 1.93. The number of fused-ring (bicyclic) bond motifs is 3. The normalized spacial score (nSPS) is 32.2. The van der Waals surface area contributed by atoms with Gasteiger partial charge in [0, 0.05) is 0 Å². The van der Waals surface area contributed by atoms with Gasteiger partial charge >= 0.3 is 0 Å². The molecule has 0 bridgehead atoms. The molecule has 0 saturated heterocycles. The summed E-state index contributed by atoms with van der Waals surface area (Å²) >= 11 is 0. The summed E-state index contributed by atoms with van der Waals surface area (Å²) in [7, 11) is 1.74. The molecular formula is C23H32O2. The molecule has 2 heteroatoms. The number of allylic oxidation sites excluding steroid dienone is 1. The summed E-state index contributed by atoms with van der Waals surface area (Å²) in [5.74, 6) is 2.66. The van der Waals surface area contributed by atoms with Gasteiger partial charge in [-0.25, -0.2) is 0 Å². The molecule has 0 aromatic heterocycles. The number of methoxy groups -OCH3 is 1. The molecule has 1 aromatic carbocycles. The molecule has 2 aliphatic rings. The van der Waals surface area contributed by atoms with E-state index in [0.29, 0.717) is 24.2 Å².